The highest BCUT2D eigenvalue weighted by Crippen LogP contribution is 2.33. The second-order valence-corrected chi connectivity index (χ2v) is 4.38. The van der Waals surface area contributed by atoms with Crippen LogP contribution < -0.4 is 0 Å². The Hall–Kier alpha value is -0.250. The minimum Gasteiger partial charge on any atom is -0.399 e. The Balaban J connectivity index is 3.26. The van der Waals surface area contributed by atoms with Gasteiger partial charge in [0.2, 0.25) is 0 Å². The largest absolute Gasteiger partial charge is 0.399 e. The third-order valence-electron chi connectivity index (χ3n) is 1.88. The Bertz CT molecular complexity index is 393. The Kier molecular flexibility index (Phi) is 4.90. The lowest BCUT2D eigenvalue weighted by Gasteiger charge is -2.08. The minimum atomic E-state index is 0.492. The van der Waals surface area contributed by atoms with Crippen LogP contribution in [0.25, 0.3) is 0 Å². The fraction of sp³-hybridized carbons (Fsp3) is 0.300. The summed E-state index contributed by atoms with van der Waals surface area (Å²) in [6, 6.07) is 3.60. The smallest absolute Gasteiger partial charge is 0.106 e. The highest BCUT2D eigenvalue weighted by Gasteiger charge is 2.12. The van der Waals surface area contributed by atoms with Crippen LogP contribution in [0.3, 0.4) is 0 Å². The lowest BCUT2D eigenvalue weighted by atomic mass is 10.1. The normalized spacial score (nSPS) is 11.7. The van der Waals surface area contributed by atoms with Crippen LogP contribution in [0.15, 0.2) is 21.8 Å². The molecule has 5 heteroatoms. The summed E-state index contributed by atoms with van der Waals surface area (Å²) < 4.78 is 0.745. The highest BCUT2D eigenvalue weighted by atomic mass is 79.9. The first kappa shape index (κ1) is 12.8. The average molecular weight is 311 g/mol. The van der Waals surface area contributed by atoms with Crippen molar-refractivity contribution in [2.75, 3.05) is 7.11 Å². The van der Waals surface area contributed by atoms with E-state index in [9.17, 15) is 0 Å². The average Bonchev–Trinajstić information content (AvgIpc) is 2.24. The van der Waals surface area contributed by atoms with Gasteiger partial charge in [-0.3, -0.25) is 0 Å². The number of benzene rings is 1. The number of oxime groups is 1. The van der Waals surface area contributed by atoms with Gasteiger partial charge in [-0.2, -0.15) is 0 Å². The molecule has 2 nitrogen and oxygen atoms in total. The summed E-state index contributed by atoms with van der Waals surface area (Å²) in [6.45, 7) is 1.99. The van der Waals surface area contributed by atoms with Gasteiger partial charge in [0.15, 0.2) is 0 Å². The Morgan fingerprint density at radius 3 is 2.67 bits per heavy atom. The number of hydrogen-bond acceptors (Lipinski definition) is 2. The molecule has 0 saturated heterocycles. The number of rotatable bonds is 3. The van der Waals surface area contributed by atoms with Gasteiger partial charge in [0.1, 0.15) is 7.11 Å². The van der Waals surface area contributed by atoms with Crippen LogP contribution in [0.1, 0.15) is 18.9 Å². The Morgan fingerprint density at radius 2 is 2.13 bits per heavy atom. The maximum absolute atomic E-state index is 6.01. The van der Waals surface area contributed by atoms with E-state index in [4.69, 9.17) is 28.0 Å². The van der Waals surface area contributed by atoms with Crippen molar-refractivity contribution >= 4 is 44.8 Å². The molecule has 0 bridgehead atoms. The first-order chi connectivity index (χ1) is 7.11. The molecule has 0 heterocycles. The molecule has 0 aromatic heterocycles. The Labute approximate surface area is 107 Å². The van der Waals surface area contributed by atoms with Crippen LogP contribution in [0, 0.1) is 0 Å². The summed E-state index contributed by atoms with van der Waals surface area (Å²) in [6.07, 6.45) is 0.754. The van der Waals surface area contributed by atoms with Crippen molar-refractivity contribution in [3.05, 3.63) is 32.2 Å². The van der Waals surface area contributed by atoms with E-state index in [1.165, 1.54) is 7.11 Å². The van der Waals surface area contributed by atoms with Crippen molar-refractivity contribution < 1.29 is 4.84 Å². The molecule has 15 heavy (non-hydrogen) atoms. The quantitative estimate of drug-likeness (QED) is 0.457. The second kappa shape index (κ2) is 5.73. The lowest BCUT2D eigenvalue weighted by molar-refractivity contribution is 0.213. The van der Waals surface area contributed by atoms with Gasteiger partial charge in [-0.05, 0) is 28.4 Å². The van der Waals surface area contributed by atoms with Gasteiger partial charge in [-0.1, -0.05) is 41.3 Å². The van der Waals surface area contributed by atoms with E-state index >= 15 is 0 Å². The summed E-state index contributed by atoms with van der Waals surface area (Å²) in [7, 11) is 1.51. The number of hydrogen-bond donors (Lipinski definition) is 0. The minimum absolute atomic E-state index is 0.492. The maximum atomic E-state index is 6.01. The summed E-state index contributed by atoms with van der Waals surface area (Å²) in [5, 5.41) is 4.94. The third-order valence-corrected chi connectivity index (χ3v) is 3.74. The summed E-state index contributed by atoms with van der Waals surface area (Å²) in [5.41, 5.74) is 1.72. The van der Waals surface area contributed by atoms with Gasteiger partial charge in [-0.15, -0.1) is 0 Å². The lowest BCUT2D eigenvalue weighted by Crippen LogP contribution is -2.01. The van der Waals surface area contributed by atoms with Gasteiger partial charge in [0, 0.05) is 10.0 Å². The van der Waals surface area contributed by atoms with Gasteiger partial charge in [0.05, 0.1) is 15.8 Å². The molecule has 0 amide bonds. The van der Waals surface area contributed by atoms with Crippen molar-refractivity contribution in [3.63, 3.8) is 0 Å². The van der Waals surface area contributed by atoms with Crippen LogP contribution in [0.4, 0.5) is 0 Å². The molecule has 0 fully saturated rings. The Morgan fingerprint density at radius 1 is 1.47 bits per heavy atom. The molecule has 1 aromatic rings. The third kappa shape index (κ3) is 2.86. The molecule has 0 radical (unpaired) electrons. The van der Waals surface area contributed by atoms with Crippen molar-refractivity contribution in [2.45, 2.75) is 13.3 Å². The van der Waals surface area contributed by atoms with E-state index in [1.54, 1.807) is 6.07 Å². The van der Waals surface area contributed by atoms with Crippen LogP contribution >= 0.6 is 39.1 Å². The molecule has 0 spiro atoms. The zero-order valence-electron chi connectivity index (χ0n) is 8.35. The van der Waals surface area contributed by atoms with E-state index in [-0.39, 0.29) is 0 Å². The number of halogens is 3. The maximum Gasteiger partial charge on any atom is 0.106 e. The van der Waals surface area contributed by atoms with Crippen molar-refractivity contribution in [3.8, 4) is 0 Å². The van der Waals surface area contributed by atoms with Crippen LogP contribution in [-0.4, -0.2) is 12.8 Å². The van der Waals surface area contributed by atoms with Gasteiger partial charge < -0.3 is 4.84 Å². The van der Waals surface area contributed by atoms with Crippen molar-refractivity contribution in [1.29, 1.82) is 0 Å². The first-order valence-electron chi connectivity index (χ1n) is 4.35. The molecule has 1 rings (SSSR count). The zero-order chi connectivity index (χ0) is 11.4. The molecular formula is C10H10BrCl2NO. The zero-order valence-corrected chi connectivity index (χ0v) is 11.4. The molecule has 0 unspecified atom stereocenters. The van der Waals surface area contributed by atoms with E-state index in [1.807, 2.05) is 13.0 Å². The molecule has 0 N–H and O–H groups in total. The molecular weight excluding hydrogens is 301 g/mol. The van der Waals surface area contributed by atoms with E-state index in [0.717, 1.165) is 22.2 Å². The van der Waals surface area contributed by atoms with Gasteiger partial charge >= 0.3 is 0 Å². The van der Waals surface area contributed by atoms with E-state index in [0.29, 0.717) is 10.0 Å². The van der Waals surface area contributed by atoms with Crippen LogP contribution in [0.2, 0.25) is 10.0 Å². The standard InChI is InChI=1S/C10H10BrCl2NO/c1-3-8(14-15-2)6-4-5-7(12)10(13)9(6)11/h4-5H,3H2,1-2H3. The summed E-state index contributed by atoms with van der Waals surface area (Å²) in [4.78, 5) is 4.77. The predicted octanol–water partition coefficient (Wildman–Crippen LogP) is 4.52. The predicted molar refractivity (Wildman–Crippen MR) is 68.0 cm³/mol. The molecule has 82 valence electrons. The monoisotopic (exact) mass is 309 g/mol. The van der Waals surface area contributed by atoms with Gasteiger partial charge in [-0.25, -0.2) is 0 Å². The highest BCUT2D eigenvalue weighted by molar-refractivity contribution is 9.10. The SMILES string of the molecule is CCC(=NOC)c1ccc(Cl)c(Cl)c1Br. The fourth-order valence-electron chi connectivity index (χ4n) is 1.16. The van der Waals surface area contributed by atoms with Gasteiger partial charge in [0.25, 0.3) is 0 Å². The fourth-order valence-corrected chi connectivity index (χ4v) is 2.17. The van der Waals surface area contributed by atoms with Crippen molar-refractivity contribution in [2.24, 2.45) is 5.16 Å². The molecule has 0 aliphatic rings. The van der Waals surface area contributed by atoms with Crippen LogP contribution in [0.5, 0.6) is 0 Å². The molecule has 1 aromatic carbocycles. The molecule has 0 atom stereocenters. The first-order valence-corrected chi connectivity index (χ1v) is 5.90. The second-order valence-electron chi connectivity index (χ2n) is 2.80. The van der Waals surface area contributed by atoms with Crippen molar-refractivity contribution in [1.82, 2.24) is 0 Å². The summed E-state index contributed by atoms with van der Waals surface area (Å²) in [5.74, 6) is 0. The number of nitrogens with zero attached hydrogens (tertiary/aromatic N) is 1. The molecule has 0 aliphatic carbocycles. The van der Waals surface area contributed by atoms with E-state index in [2.05, 4.69) is 21.1 Å². The molecule has 0 aliphatic heterocycles. The summed E-state index contributed by atoms with van der Waals surface area (Å²) >= 11 is 15.3. The topological polar surface area (TPSA) is 21.6 Å². The van der Waals surface area contributed by atoms with E-state index < -0.39 is 0 Å². The molecule has 0 saturated carbocycles. The van der Waals surface area contributed by atoms with Crippen LogP contribution in [-0.2, 0) is 4.84 Å².